The third-order valence-corrected chi connectivity index (χ3v) is 3.21. The summed E-state index contributed by atoms with van der Waals surface area (Å²) in [6.07, 6.45) is 4.06. The molecule has 0 bridgehead atoms. The molecule has 1 aliphatic rings. The Labute approximate surface area is 104 Å². The number of carbonyl (C=O) groups is 1. The minimum Gasteiger partial charge on any atom is -0.478 e. The van der Waals surface area contributed by atoms with Crippen LogP contribution in [0, 0.1) is 11.6 Å². The Kier molecular flexibility index (Phi) is 3.79. The highest BCUT2D eigenvalue weighted by Crippen LogP contribution is 2.26. The number of hydrogen-bond acceptors (Lipinski definition) is 2. The van der Waals surface area contributed by atoms with Gasteiger partial charge in [0.1, 0.15) is 11.6 Å². The Morgan fingerprint density at radius 3 is 2.22 bits per heavy atom. The van der Waals surface area contributed by atoms with E-state index in [0.717, 1.165) is 31.7 Å². The molecule has 1 aromatic carbocycles. The van der Waals surface area contributed by atoms with Gasteiger partial charge >= 0.3 is 5.97 Å². The van der Waals surface area contributed by atoms with Crippen LogP contribution < -0.4 is 4.90 Å². The molecule has 1 aromatic rings. The topological polar surface area (TPSA) is 40.5 Å². The van der Waals surface area contributed by atoms with Gasteiger partial charge in [0.2, 0.25) is 0 Å². The quantitative estimate of drug-likeness (QED) is 0.883. The third-order valence-electron chi connectivity index (χ3n) is 3.21. The van der Waals surface area contributed by atoms with E-state index in [0.29, 0.717) is 19.2 Å². The average molecular weight is 255 g/mol. The van der Waals surface area contributed by atoms with E-state index >= 15 is 0 Å². The third kappa shape index (κ3) is 2.60. The number of aromatic carboxylic acids is 1. The van der Waals surface area contributed by atoms with E-state index in [4.69, 9.17) is 5.11 Å². The highest BCUT2D eigenvalue weighted by molar-refractivity contribution is 5.89. The number of carboxylic acid groups (broad SMARTS) is 1. The average Bonchev–Trinajstić information content (AvgIpc) is 2.57. The highest BCUT2D eigenvalue weighted by atomic mass is 19.1. The molecule has 0 aromatic heterocycles. The predicted molar refractivity (Wildman–Crippen MR) is 64.0 cm³/mol. The second-order valence-electron chi connectivity index (χ2n) is 4.49. The molecule has 18 heavy (non-hydrogen) atoms. The van der Waals surface area contributed by atoms with Crippen LogP contribution in [0.1, 0.15) is 36.0 Å². The summed E-state index contributed by atoms with van der Waals surface area (Å²) in [7, 11) is 0. The summed E-state index contributed by atoms with van der Waals surface area (Å²) < 4.78 is 27.0. The van der Waals surface area contributed by atoms with E-state index in [-0.39, 0.29) is 5.69 Å². The van der Waals surface area contributed by atoms with E-state index in [2.05, 4.69) is 0 Å². The Morgan fingerprint density at radius 1 is 1.06 bits per heavy atom. The number of anilines is 1. The Hall–Kier alpha value is -1.65. The van der Waals surface area contributed by atoms with E-state index in [1.807, 2.05) is 0 Å². The van der Waals surface area contributed by atoms with Gasteiger partial charge in [0.15, 0.2) is 0 Å². The second-order valence-corrected chi connectivity index (χ2v) is 4.49. The number of hydrogen-bond donors (Lipinski definition) is 1. The van der Waals surface area contributed by atoms with Gasteiger partial charge in [-0.15, -0.1) is 0 Å². The van der Waals surface area contributed by atoms with Crippen molar-refractivity contribution in [1.82, 2.24) is 0 Å². The summed E-state index contributed by atoms with van der Waals surface area (Å²) in [6, 6.07) is 1.75. The molecular formula is C13H15F2NO2. The van der Waals surface area contributed by atoms with Crippen LogP contribution in [0.5, 0.6) is 0 Å². The fraction of sp³-hybridized carbons (Fsp3) is 0.462. The zero-order valence-corrected chi connectivity index (χ0v) is 9.96. The minimum atomic E-state index is -1.37. The molecule has 0 radical (unpaired) electrons. The van der Waals surface area contributed by atoms with Crippen molar-refractivity contribution < 1.29 is 18.7 Å². The zero-order valence-electron chi connectivity index (χ0n) is 9.96. The summed E-state index contributed by atoms with van der Waals surface area (Å²) in [5.41, 5.74) is -0.286. The van der Waals surface area contributed by atoms with Crippen molar-refractivity contribution in [3.8, 4) is 0 Å². The molecule has 1 fully saturated rings. The minimum absolute atomic E-state index is 0.190. The lowest BCUT2D eigenvalue weighted by atomic mass is 10.1. The van der Waals surface area contributed by atoms with Crippen LogP contribution in [0.3, 0.4) is 0 Å². The molecule has 1 aliphatic heterocycles. The van der Waals surface area contributed by atoms with Crippen molar-refractivity contribution in [3.05, 3.63) is 29.3 Å². The monoisotopic (exact) mass is 255 g/mol. The Balaban J connectivity index is 2.36. The van der Waals surface area contributed by atoms with Crippen molar-refractivity contribution in [2.45, 2.75) is 25.7 Å². The standard InChI is InChI=1S/C13H15F2NO2/c14-10-8-11(15)12(7-9(10)13(17)18)16-5-3-1-2-4-6-16/h7-8H,1-6H2,(H,17,18). The lowest BCUT2D eigenvalue weighted by Gasteiger charge is -2.23. The molecule has 98 valence electrons. The van der Waals surface area contributed by atoms with E-state index in [1.54, 1.807) is 4.90 Å². The summed E-state index contributed by atoms with van der Waals surface area (Å²) in [4.78, 5) is 12.7. The molecular weight excluding hydrogens is 240 g/mol. The number of rotatable bonds is 2. The molecule has 0 atom stereocenters. The van der Waals surface area contributed by atoms with Gasteiger partial charge < -0.3 is 10.0 Å². The molecule has 0 saturated carbocycles. The first-order valence-corrected chi connectivity index (χ1v) is 6.07. The van der Waals surface area contributed by atoms with Crippen molar-refractivity contribution in [3.63, 3.8) is 0 Å². The predicted octanol–water partition coefficient (Wildman–Crippen LogP) is 3.04. The lowest BCUT2D eigenvalue weighted by molar-refractivity contribution is 0.0692. The lowest BCUT2D eigenvalue weighted by Crippen LogP contribution is -2.25. The first-order valence-electron chi connectivity index (χ1n) is 6.07. The summed E-state index contributed by atoms with van der Waals surface area (Å²) in [5.74, 6) is -3.10. The molecule has 0 spiro atoms. The van der Waals surface area contributed by atoms with Crippen LogP contribution in [-0.4, -0.2) is 24.2 Å². The van der Waals surface area contributed by atoms with Crippen molar-refractivity contribution >= 4 is 11.7 Å². The molecule has 0 amide bonds. The maximum absolute atomic E-state index is 13.7. The maximum Gasteiger partial charge on any atom is 0.338 e. The van der Waals surface area contributed by atoms with Gasteiger partial charge in [-0.2, -0.15) is 0 Å². The zero-order chi connectivity index (χ0) is 13.1. The first kappa shape index (κ1) is 12.8. The van der Waals surface area contributed by atoms with Gasteiger partial charge in [-0.3, -0.25) is 0 Å². The Morgan fingerprint density at radius 2 is 1.67 bits per heavy atom. The summed E-state index contributed by atoms with van der Waals surface area (Å²) in [5, 5.41) is 8.85. The summed E-state index contributed by atoms with van der Waals surface area (Å²) in [6.45, 7) is 1.36. The molecule has 5 heteroatoms. The molecule has 1 heterocycles. The molecule has 0 unspecified atom stereocenters. The van der Waals surface area contributed by atoms with E-state index in [1.165, 1.54) is 0 Å². The molecule has 1 N–H and O–H groups in total. The number of halogens is 2. The smallest absolute Gasteiger partial charge is 0.338 e. The van der Waals surface area contributed by atoms with Crippen LogP contribution in [0.25, 0.3) is 0 Å². The van der Waals surface area contributed by atoms with Gasteiger partial charge in [-0.05, 0) is 18.9 Å². The van der Waals surface area contributed by atoms with E-state index < -0.39 is 23.2 Å². The first-order chi connectivity index (χ1) is 8.59. The van der Waals surface area contributed by atoms with Gasteiger partial charge in [0, 0.05) is 19.2 Å². The number of benzene rings is 1. The largest absolute Gasteiger partial charge is 0.478 e. The maximum atomic E-state index is 13.7. The van der Waals surface area contributed by atoms with Crippen molar-refractivity contribution in [1.29, 1.82) is 0 Å². The van der Waals surface area contributed by atoms with Gasteiger partial charge in [-0.25, -0.2) is 13.6 Å². The number of carboxylic acids is 1. The highest BCUT2D eigenvalue weighted by Gasteiger charge is 2.19. The SMILES string of the molecule is O=C(O)c1cc(N2CCCCCC2)c(F)cc1F. The van der Waals surface area contributed by atoms with Crippen LogP contribution in [0.15, 0.2) is 12.1 Å². The van der Waals surface area contributed by atoms with Crippen molar-refractivity contribution in [2.75, 3.05) is 18.0 Å². The fourth-order valence-corrected chi connectivity index (χ4v) is 2.26. The van der Waals surface area contributed by atoms with Gasteiger partial charge in [0.25, 0.3) is 0 Å². The fourth-order valence-electron chi connectivity index (χ4n) is 2.26. The molecule has 1 saturated heterocycles. The normalized spacial score (nSPS) is 16.4. The van der Waals surface area contributed by atoms with Crippen LogP contribution >= 0.6 is 0 Å². The molecule has 0 aliphatic carbocycles. The van der Waals surface area contributed by atoms with Crippen LogP contribution in [-0.2, 0) is 0 Å². The van der Waals surface area contributed by atoms with Crippen LogP contribution in [0.4, 0.5) is 14.5 Å². The van der Waals surface area contributed by atoms with Gasteiger partial charge in [0.05, 0.1) is 11.3 Å². The van der Waals surface area contributed by atoms with Crippen LogP contribution in [0.2, 0.25) is 0 Å². The number of nitrogens with zero attached hydrogens (tertiary/aromatic N) is 1. The van der Waals surface area contributed by atoms with E-state index in [9.17, 15) is 13.6 Å². The molecule has 3 nitrogen and oxygen atoms in total. The van der Waals surface area contributed by atoms with Crippen molar-refractivity contribution in [2.24, 2.45) is 0 Å². The van der Waals surface area contributed by atoms with Gasteiger partial charge in [-0.1, -0.05) is 12.8 Å². The summed E-state index contributed by atoms with van der Waals surface area (Å²) >= 11 is 0. The Bertz CT molecular complexity index is 455. The molecule has 2 rings (SSSR count). The second kappa shape index (κ2) is 5.33.